The number of carbonyl (C=O) groups excluding carboxylic acids is 1. The van der Waals surface area contributed by atoms with Crippen LogP contribution in [0.2, 0.25) is 5.02 Å². The van der Waals surface area contributed by atoms with E-state index < -0.39 is 16.4 Å². The lowest BCUT2D eigenvalue weighted by atomic mass is 10.0. The average Bonchev–Trinajstić information content (AvgIpc) is 2.35. The molecule has 1 amide bonds. The molecule has 1 unspecified atom stereocenters. The van der Waals surface area contributed by atoms with Crippen LogP contribution in [-0.2, 0) is 0 Å². The number of aliphatic hydroxyl groups is 1. The second kappa shape index (κ2) is 6.67. The minimum atomic E-state index is -0.977. The average molecular weight is 301 g/mol. The molecule has 0 aromatic heterocycles. The molecule has 0 bridgehead atoms. The SMILES string of the molecule is CCCC(C)(O)CNC(=O)c1ccc([N+](=O)[O-])c(Cl)c1. The first kappa shape index (κ1) is 16.4. The number of halogens is 1. The highest BCUT2D eigenvalue weighted by molar-refractivity contribution is 6.33. The van der Waals surface area contributed by atoms with E-state index in [9.17, 15) is 20.0 Å². The first-order valence-electron chi connectivity index (χ1n) is 6.21. The highest BCUT2D eigenvalue weighted by atomic mass is 35.5. The topological polar surface area (TPSA) is 92.5 Å². The summed E-state index contributed by atoms with van der Waals surface area (Å²) < 4.78 is 0. The van der Waals surface area contributed by atoms with Gasteiger partial charge in [0.05, 0.1) is 10.5 Å². The van der Waals surface area contributed by atoms with E-state index >= 15 is 0 Å². The largest absolute Gasteiger partial charge is 0.388 e. The zero-order valence-electron chi connectivity index (χ0n) is 11.4. The van der Waals surface area contributed by atoms with Crippen LogP contribution in [0.5, 0.6) is 0 Å². The maximum Gasteiger partial charge on any atom is 0.287 e. The second-order valence-corrected chi connectivity index (χ2v) is 5.26. The lowest BCUT2D eigenvalue weighted by Crippen LogP contribution is -2.40. The van der Waals surface area contributed by atoms with Gasteiger partial charge in [-0.1, -0.05) is 24.9 Å². The van der Waals surface area contributed by atoms with Crippen LogP contribution in [0, 0.1) is 10.1 Å². The van der Waals surface area contributed by atoms with E-state index in [1.54, 1.807) is 6.92 Å². The van der Waals surface area contributed by atoms with Crippen LogP contribution in [0.4, 0.5) is 5.69 Å². The Morgan fingerprint density at radius 2 is 2.20 bits per heavy atom. The molecule has 0 saturated heterocycles. The van der Waals surface area contributed by atoms with E-state index in [1.165, 1.54) is 18.2 Å². The molecule has 0 aliphatic carbocycles. The normalized spacial score (nSPS) is 13.6. The van der Waals surface area contributed by atoms with Gasteiger partial charge in [0.2, 0.25) is 0 Å². The molecular formula is C13H17ClN2O4. The summed E-state index contributed by atoms with van der Waals surface area (Å²) >= 11 is 5.74. The summed E-state index contributed by atoms with van der Waals surface area (Å²) in [5.74, 6) is -0.432. The zero-order valence-corrected chi connectivity index (χ0v) is 12.1. The van der Waals surface area contributed by atoms with Gasteiger partial charge < -0.3 is 10.4 Å². The summed E-state index contributed by atoms with van der Waals surface area (Å²) in [7, 11) is 0. The second-order valence-electron chi connectivity index (χ2n) is 4.85. The van der Waals surface area contributed by atoms with Crippen LogP contribution in [0.15, 0.2) is 18.2 Å². The number of benzene rings is 1. The fourth-order valence-electron chi connectivity index (χ4n) is 1.80. The lowest BCUT2D eigenvalue weighted by molar-refractivity contribution is -0.384. The third-order valence-corrected chi connectivity index (χ3v) is 3.13. The van der Waals surface area contributed by atoms with Crippen molar-refractivity contribution in [2.75, 3.05) is 6.54 Å². The van der Waals surface area contributed by atoms with E-state index in [2.05, 4.69) is 5.32 Å². The monoisotopic (exact) mass is 300 g/mol. The van der Waals surface area contributed by atoms with Crippen molar-refractivity contribution in [2.45, 2.75) is 32.3 Å². The molecule has 110 valence electrons. The number of nitrogens with zero attached hydrogens (tertiary/aromatic N) is 1. The lowest BCUT2D eigenvalue weighted by Gasteiger charge is -2.22. The van der Waals surface area contributed by atoms with Crippen LogP contribution in [0.1, 0.15) is 37.0 Å². The van der Waals surface area contributed by atoms with Gasteiger partial charge in [-0.3, -0.25) is 14.9 Å². The molecule has 0 spiro atoms. The van der Waals surface area contributed by atoms with Gasteiger partial charge in [0.15, 0.2) is 0 Å². The Balaban J connectivity index is 2.74. The molecule has 0 heterocycles. The fraction of sp³-hybridized carbons (Fsp3) is 0.462. The van der Waals surface area contributed by atoms with Gasteiger partial charge in [-0.2, -0.15) is 0 Å². The van der Waals surface area contributed by atoms with Crippen molar-refractivity contribution in [3.8, 4) is 0 Å². The number of nitro groups is 1. The quantitative estimate of drug-likeness (QED) is 0.623. The molecule has 0 fully saturated rings. The van der Waals surface area contributed by atoms with Crippen LogP contribution in [-0.4, -0.2) is 28.1 Å². The number of nitrogens with one attached hydrogen (secondary N) is 1. The molecule has 1 rings (SSSR count). The highest BCUT2D eigenvalue weighted by Crippen LogP contribution is 2.25. The molecular weight excluding hydrogens is 284 g/mol. The summed E-state index contributed by atoms with van der Waals surface area (Å²) in [5, 5.41) is 23.1. The Hall–Kier alpha value is -1.66. The van der Waals surface area contributed by atoms with Crippen molar-refractivity contribution in [3.63, 3.8) is 0 Å². The first-order valence-corrected chi connectivity index (χ1v) is 6.59. The van der Waals surface area contributed by atoms with Crippen LogP contribution >= 0.6 is 11.6 Å². The van der Waals surface area contributed by atoms with Crippen molar-refractivity contribution < 1.29 is 14.8 Å². The predicted octanol–water partition coefficient (Wildman–Crippen LogP) is 2.53. The molecule has 20 heavy (non-hydrogen) atoms. The van der Waals surface area contributed by atoms with Crippen LogP contribution in [0.3, 0.4) is 0 Å². The minimum Gasteiger partial charge on any atom is -0.388 e. The number of hydrogen-bond donors (Lipinski definition) is 2. The number of carbonyl (C=O) groups is 1. The van der Waals surface area contributed by atoms with E-state index in [0.29, 0.717) is 6.42 Å². The molecule has 0 radical (unpaired) electrons. The third kappa shape index (κ3) is 4.47. The number of rotatable bonds is 6. The van der Waals surface area contributed by atoms with Crippen molar-refractivity contribution in [3.05, 3.63) is 38.9 Å². The fourth-order valence-corrected chi connectivity index (χ4v) is 2.05. The van der Waals surface area contributed by atoms with Crippen LogP contribution in [0.25, 0.3) is 0 Å². The van der Waals surface area contributed by atoms with Gasteiger partial charge in [0, 0.05) is 18.2 Å². The van der Waals surface area contributed by atoms with Crippen molar-refractivity contribution >= 4 is 23.2 Å². The molecule has 0 aliphatic rings. The van der Waals surface area contributed by atoms with Gasteiger partial charge in [0.25, 0.3) is 11.6 Å². The molecule has 2 N–H and O–H groups in total. The Morgan fingerprint density at radius 1 is 1.55 bits per heavy atom. The number of nitro benzene ring substituents is 1. The summed E-state index contributed by atoms with van der Waals surface area (Å²) in [5.41, 5.74) is -1.01. The van der Waals surface area contributed by atoms with E-state index in [4.69, 9.17) is 11.6 Å². The molecule has 1 aromatic carbocycles. The standard InChI is InChI=1S/C13H17ClN2O4/c1-3-6-13(2,18)8-15-12(17)9-4-5-11(16(19)20)10(14)7-9/h4-5,7,18H,3,6,8H2,1-2H3,(H,15,17). The highest BCUT2D eigenvalue weighted by Gasteiger charge is 2.21. The van der Waals surface area contributed by atoms with Gasteiger partial charge in [-0.25, -0.2) is 0 Å². The van der Waals surface area contributed by atoms with E-state index in [0.717, 1.165) is 6.42 Å². The van der Waals surface area contributed by atoms with Gasteiger partial charge in [0.1, 0.15) is 5.02 Å². The van der Waals surface area contributed by atoms with Crippen molar-refractivity contribution in [1.29, 1.82) is 0 Å². The summed E-state index contributed by atoms with van der Waals surface area (Å²) in [6, 6.07) is 3.75. The van der Waals surface area contributed by atoms with Gasteiger partial charge in [-0.15, -0.1) is 0 Å². The molecule has 0 aliphatic heterocycles. The predicted molar refractivity (Wildman–Crippen MR) is 76.0 cm³/mol. The van der Waals surface area contributed by atoms with Crippen LogP contribution < -0.4 is 5.32 Å². The summed E-state index contributed by atoms with van der Waals surface area (Å²) in [6.07, 6.45) is 1.36. The molecule has 1 atom stereocenters. The number of amides is 1. The molecule has 7 heteroatoms. The number of hydrogen-bond acceptors (Lipinski definition) is 4. The maximum atomic E-state index is 11.9. The van der Waals surface area contributed by atoms with Gasteiger partial charge >= 0.3 is 0 Å². The van der Waals surface area contributed by atoms with E-state index in [-0.39, 0.29) is 22.8 Å². The maximum absolute atomic E-state index is 11.9. The Bertz CT molecular complexity index is 517. The summed E-state index contributed by atoms with van der Waals surface area (Å²) in [6.45, 7) is 3.68. The Labute approximate surface area is 121 Å². The third-order valence-electron chi connectivity index (χ3n) is 2.82. The van der Waals surface area contributed by atoms with E-state index in [1.807, 2.05) is 6.92 Å². The first-order chi connectivity index (χ1) is 9.26. The molecule has 6 nitrogen and oxygen atoms in total. The molecule has 0 saturated carbocycles. The van der Waals surface area contributed by atoms with Gasteiger partial charge in [-0.05, 0) is 25.5 Å². The van der Waals surface area contributed by atoms with Crippen molar-refractivity contribution in [1.82, 2.24) is 5.32 Å². The molecule has 1 aromatic rings. The summed E-state index contributed by atoms with van der Waals surface area (Å²) in [4.78, 5) is 21.9. The Kier molecular flexibility index (Phi) is 5.47. The minimum absolute atomic E-state index is 0.0945. The Morgan fingerprint density at radius 3 is 2.70 bits per heavy atom. The van der Waals surface area contributed by atoms with Crippen molar-refractivity contribution in [2.24, 2.45) is 0 Å². The smallest absolute Gasteiger partial charge is 0.287 e. The zero-order chi connectivity index (χ0) is 15.3.